The Labute approximate surface area is 113 Å². The van der Waals surface area contributed by atoms with Gasteiger partial charge in [-0.1, -0.05) is 0 Å². The Morgan fingerprint density at radius 1 is 1.63 bits per heavy atom. The fourth-order valence-electron chi connectivity index (χ4n) is 2.21. The fraction of sp³-hybridized carbons (Fsp3) is 0.692. The van der Waals surface area contributed by atoms with Crippen LogP contribution in [0.2, 0.25) is 0 Å². The van der Waals surface area contributed by atoms with Gasteiger partial charge in [-0.3, -0.25) is 9.48 Å². The van der Waals surface area contributed by atoms with Crippen molar-refractivity contribution in [1.82, 2.24) is 14.7 Å². The Bertz CT molecular complexity index is 419. The number of nitrogens with zero attached hydrogens (tertiary/aromatic N) is 3. The molecule has 1 aliphatic rings. The molecule has 0 saturated carbocycles. The minimum atomic E-state index is -0.0613. The Hall–Kier alpha value is -1.40. The smallest absolute Gasteiger partial charge is 0.222 e. The Morgan fingerprint density at radius 3 is 3.16 bits per heavy atom. The molecule has 1 aliphatic heterocycles. The predicted molar refractivity (Wildman–Crippen MR) is 69.6 cm³/mol. The van der Waals surface area contributed by atoms with Crippen molar-refractivity contribution in [2.75, 3.05) is 33.4 Å². The number of hydrogen-bond acceptors (Lipinski definition) is 4. The van der Waals surface area contributed by atoms with Gasteiger partial charge in [0.1, 0.15) is 6.10 Å². The van der Waals surface area contributed by atoms with E-state index in [9.17, 15) is 4.79 Å². The zero-order valence-corrected chi connectivity index (χ0v) is 11.5. The number of morpholine rings is 1. The van der Waals surface area contributed by atoms with Gasteiger partial charge in [0.05, 0.1) is 19.3 Å². The van der Waals surface area contributed by atoms with Crippen LogP contribution in [0.1, 0.15) is 24.5 Å². The summed E-state index contributed by atoms with van der Waals surface area (Å²) in [6, 6.07) is 0. The molecule has 2 rings (SSSR count). The van der Waals surface area contributed by atoms with Crippen molar-refractivity contribution in [2.24, 2.45) is 7.05 Å². The molecule has 0 aliphatic carbocycles. The van der Waals surface area contributed by atoms with Gasteiger partial charge in [-0.2, -0.15) is 5.10 Å². The molecule has 106 valence electrons. The first-order valence-electron chi connectivity index (χ1n) is 6.57. The SMILES string of the molecule is COCCCC(=O)N1CCOC(c2cnn(C)c2)C1. The minimum absolute atomic E-state index is 0.0613. The summed E-state index contributed by atoms with van der Waals surface area (Å²) in [7, 11) is 3.53. The van der Waals surface area contributed by atoms with Crippen molar-refractivity contribution in [3.63, 3.8) is 0 Å². The van der Waals surface area contributed by atoms with Crippen molar-refractivity contribution in [2.45, 2.75) is 18.9 Å². The molecule has 2 heterocycles. The quantitative estimate of drug-likeness (QED) is 0.739. The fourth-order valence-corrected chi connectivity index (χ4v) is 2.21. The molecule has 1 fully saturated rings. The standard InChI is InChI=1S/C13H21N3O3/c1-15-9-11(8-14-15)12-10-16(5-7-19-12)13(17)4-3-6-18-2/h8-9,12H,3-7,10H2,1-2H3. The van der Waals surface area contributed by atoms with E-state index < -0.39 is 0 Å². The van der Waals surface area contributed by atoms with Gasteiger partial charge in [0.15, 0.2) is 0 Å². The average molecular weight is 267 g/mol. The topological polar surface area (TPSA) is 56.6 Å². The maximum absolute atomic E-state index is 12.0. The number of rotatable bonds is 5. The lowest BCUT2D eigenvalue weighted by atomic mass is 10.1. The summed E-state index contributed by atoms with van der Waals surface area (Å²) < 4.78 is 12.4. The van der Waals surface area contributed by atoms with E-state index in [4.69, 9.17) is 9.47 Å². The van der Waals surface area contributed by atoms with Crippen molar-refractivity contribution < 1.29 is 14.3 Å². The molecule has 6 heteroatoms. The van der Waals surface area contributed by atoms with E-state index in [1.807, 2.05) is 18.1 Å². The van der Waals surface area contributed by atoms with Crippen LogP contribution < -0.4 is 0 Å². The predicted octanol–water partition coefficient (Wildman–Crippen LogP) is 0.747. The molecule has 0 N–H and O–H groups in total. The molecule has 0 bridgehead atoms. The molecule has 0 spiro atoms. The second-order valence-corrected chi connectivity index (χ2v) is 4.74. The van der Waals surface area contributed by atoms with Crippen LogP contribution in [0.4, 0.5) is 0 Å². The van der Waals surface area contributed by atoms with E-state index in [0.717, 1.165) is 12.0 Å². The van der Waals surface area contributed by atoms with Gasteiger partial charge in [-0.05, 0) is 6.42 Å². The summed E-state index contributed by atoms with van der Waals surface area (Å²) in [6.07, 6.45) is 4.97. The highest BCUT2D eigenvalue weighted by atomic mass is 16.5. The third-order valence-electron chi connectivity index (χ3n) is 3.25. The van der Waals surface area contributed by atoms with Crippen molar-refractivity contribution in [3.8, 4) is 0 Å². The van der Waals surface area contributed by atoms with Crippen LogP contribution in [0.3, 0.4) is 0 Å². The molecule has 1 aromatic rings. The van der Waals surface area contributed by atoms with Crippen LogP contribution >= 0.6 is 0 Å². The van der Waals surface area contributed by atoms with Crippen LogP contribution in [-0.2, 0) is 21.3 Å². The maximum Gasteiger partial charge on any atom is 0.222 e. The van der Waals surface area contributed by atoms with E-state index in [0.29, 0.717) is 32.7 Å². The largest absolute Gasteiger partial charge is 0.385 e. The zero-order valence-electron chi connectivity index (χ0n) is 11.5. The Kier molecular flexibility index (Phi) is 4.93. The number of amides is 1. The average Bonchev–Trinajstić information content (AvgIpc) is 2.86. The summed E-state index contributed by atoms with van der Waals surface area (Å²) in [5.41, 5.74) is 1.02. The van der Waals surface area contributed by atoms with Gasteiger partial charge in [-0.15, -0.1) is 0 Å². The highest BCUT2D eigenvalue weighted by Crippen LogP contribution is 2.22. The third kappa shape index (κ3) is 3.78. The number of aryl methyl sites for hydroxylation is 1. The molecular weight excluding hydrogens is 246 g/mol. The van der Waals surface area contributed by atoms with E-state index >= 15 is 0 Å². The van der Waals surface area contributed by atoms with E-state index in [2.05, 4.69) is 5.10 Å². The summed E-state index contributed by atoms with van der Waals surface area (Å²) in [5, 5.41) is 4.14. The van der Waals surface area contributed by atoms with Gasteiger partial charge in [-0.25, -0.2) is 0 Å². The first-order chi connectivity index (χ1) is 9.20. The number of carbonyl (C=O) groups excluding carboxylic acids is 1. The highest BCUT2D eigenvalue weighted by Gasteiger charge is 2.25. The summed E-state index contributed by atoms with van der Waals surface area (Å²) in [4.78, 5) is 13.9. The van der Waals surface area contributed by atoms with Crippen LogP contribution in [-0.4, -0.2) is 54.0 Å². The van der Waals surface area contributed by atoms with Gasteiger partial charge in [0.2, 0.25) is 5.91 Å². The monoisotopic (exact) mass is 267 g/mol. The molecule has 6 nitrogen and oxygen atoms in total. The van der Waals surface area contributed by atoms with Crippen molar-refractivity contribution in [3.05, 3.63) is 18.0 Å². The molecule has 0 aromatic carbocycles. The molecular formula is C13H21N3O3. The van der Waals surface area contributed by atoms with Crippen LogP contribution in [0, 0.1) is 0 Å². The Morgan fingerprint density at radius 2 is 2.47 bits per heavy atom. The van der Waals surface area contributed by atoms with Crippen LogP contribution in [0.25, 0.3) is 0 Å². The van der Waals surface area contributed by atoms with Crippen LogP contribution in [0.5, 0.6) is 0 Å². The van der Waals surface area contributed by atoms with Gasteiger partial charge >= 0.3 is 0 Å². The van der Waals surface area contributed by atoms with E-state index in [1.165, 1.54) is 0 Å². The minimum Gasteiger partial charge on any atom is -0.385 e. The second kappa shape index (κ2) is 6.68. The first-order valence-corrected chi connectivity index (χ1v) is 6.57. The number of hydrogen-bond donors (Lipinski definition) is 0. The lowest BCUT2D eigenvalue weighted by Crippen LogP contribution is -2.42. The van der Waals surface area contributed by atoms with Gasteiger partial charge in [0.25, 0.3) is 0 Å². The molecule has 1 saturated heterocycles. The van der Waals surface area contributed by atoms with Crippen molar-refractivity contribution >= 4 is 5.91 Å². The van der Waals surface area contributed by atoms with Gasteiger partial charge in [0, 0.05) is 45.5 Å². The van der Waals surface area contributed by atoms with E-state index in [-0.39, 0.29) is 12.0 Å². The molecule has 0 radical (unpaired) electrons. The normalized spacial score (nSPS) is 19.7. The number of methoxy groups -OCH3 is 1. The zero-order chi connectivity index (χ0) is 13.7. The number of aromatic nitrogens is 2. The van der Waals surface area contributed by atoms with E-state index in [1.54, 1.807) is 18.0 Å². The highest BCUT2D eigenvalue weighted by molar-refractivity contribution is 5.76. The Balaban J connectivity index is 1.88. The maximum atomic E-state index is 12.0. The van der Waals surface area contributed by atoms with Gasteiger partial charge < -0.3 is 14.4 Å². The second-order valence-electron chi connectivity index (χ2n) is 4.74. The molecule has 1 amide bonds. The molecule has 19 heavy (non-hydrogen) atoms. The van der Waals surface area contributed by atoms with Crippen molar-refractivity contribution in [1.29, 1.82) is 0 Å². The number of carbonyl (C=O) groups is 1. The molecule has 1 unspecified atom stereocenters. The lowest BCUT2D eigenvalue weighted by molar-refractivity contribution is -0.139. The first kappa shape index (κ1) is 14.0. The number of ether oxygens (including phenoxy) is 2. The lowest BCUT2D eigenvalue weighted by Gasteiger charge is -2.32. The molecule has 1 atom stereocenters. The van der Waals surface area contributed by atoms with Crippen LogP contribution in [0.15, 0.2) is 12.4 Å². The summed E-state index contributed by atoms with van der Waals surface area (Å²) in [6.45, 7) is 2.48. The summed E-state index contributed by atoms with van der Waals surface area (Å²) in [5.74, 6) is 0.175. The molecule has 1 aromatic heterocycles. The third-order valence-corrected chi connectivity index (χ3v) is 3.25. The summed E-state index contributed by atoms with van der Waals surface area (Å²) >= 11 is 0.